The molecular weight excluding hydrogens is 410 g/mol. The Morgan fingerprint density at radius 3 is 2.23 bits per heavy atom. The second-order valence-electron chi connectivity index (χ2n) is 7.64. The lowest BCUT2D eigenvalue weighted by atomic mass is 10.0. The second kappa shape index (κ2) is 9.74. The van der Waals surface area contributed by atoms with Gasteiger partial charge in [-0.25, -0.2) is 0 Å². The number of hydrogen-bond donors (Lipinski definition) is 1. The Labute approximate surface area is 184 Å². The molecule has 0 aliphatic heterocycles. The summed E-state index contributed by atoms with van der Waals surface area (Å²) in [6.07, 6.45) is 0.642. The van der Waals surface area contributed by atoms with Crippen molar-refractivity contribution in [2.24, 2.45) is 0 Å². The number of aryl methyl sites for hydroxylation is 1. The number of methoxy groups -OCH3 is 3. The second-order valence-corrected chi connectivity index (χ2v) is 10.6. The van der Waals surface area contributed by atoms with Crippen LogP contribution in [-0.2, 0) is 6.42 Å². The Hall–Kier alpha value is -3.19. The molecule has 1 heterocycles. The van der Waals surface area contributed by atoms with Crippen LogP contribution in [0.1, 0.15) is 27.4 Å². The number of carbonyl (C=O) groups excluding carboxylic acids is 1. The predicted molar refractivity (Wildman–Crippen MR) is 125 cm³/mol. The summed E-state index contributed by atoms with van der Waals surface area (Å²) in [5.74, 6) is 2.01. The number of amides is 1. The summed E-state index contributed by atoms with van der Waals surface area (Å²) in [6.45, 7) is 6.72. The zero-order valence-electron chi connectivity index (χ0n) is 18.9. The number of benzene rings is 2. The monoisotopic (exact) mass is 439 g/mol. The molecule has 3 aromatic rings. The average Bonchev–Trinajstić information content (AvgIpc) is 3.23. The maximum atomic E-state index is 12.8. The van der Waals surface area contributed by atoms with E-state index in [1.54, 1.807) is 25.3 Å². The molecule has 0 bridgehead atoms. The van der Waals surface area contributed by atoms with Gasteiger partial charge in [0.2, 0.25) is 0 Å². The summed E-state index contributed by atoms with van der Waals surface area (Å²) < 4.78 is 21.9. The van der Waals surface area contributed by atoms with Crippen LogP contribution in [0.15, 0.2) is 46.9 Å². The number of nitrogens with one attached hydrogen (secondary N) is 1. The van der Waals surface area contributed by atoms with Gasteiger partial charge in [-0.3, -0.25) is 4.79 Å². The van der Waals surface area contributed by atoms with Crippen LogP contribution >= 0.6 is 0 Å². The van der Waals surface area contributed by atoms with Crippen molar-refractivity contribution >= 4 is 25.6 Å². The van der Waals surface area contributed by atoms with Crippen molar-refractivity contribution in [3.63, 3.8) is 0 Å². The van der Waals surface area contributed by atoms with Crippen molar-refractivity contribution in [2.45, 2.75) is 26.4 Å². The SMILES string of the molecule is COc1cc(OC)c(NC(=O)c2ccc(Cc3cc([SiH](C)C)ccc3C)o2)c(OC)c1. The number of anilines is 1. The number of hydrogen-bond acceptors (Lipinski definition) is 5. The number of rotatable bonds is 8. The molecule has 1 N–H and O–H groups in total. The van der Waals surface area contributed by atoms with Crippen LogP contribution in [0, 0.1) is 6.92 Å². The van der Waals surface area contributed by atoms with Crippen molar-refractivity contribution < 1.29 is 23.4 Å². The van der Waals surface area contributed by atoms with Crippen LogP contribution in [0.2, 0.25) is 13.1 Å². The van der Waals surface area contributed by atoms with E-state index in [1.165, 1.54) is 30.5 Å². The predicted octanol–water partition coefficient (Wildman–Crippen LogP) is 4.15. The van der Waals surface area contributed by atoms with Crippen LogP contribution in [0.3, 0.4) is 0 Å². The minimum atomic E-state index is -0.886. The Kier molecular flexibility index (Phi) is 7.07. The normalized spacial score (nSPS) is 10.8. The molecule has 0 saturated heterocycles. The summed E-state index contributed by atoms with van der Waals surface area (Å²) in [7, 11) is 3.71. The van der Waals surface area contributed by atoms with E-state index in [2.05, 4.69) is 43.5 Å². The van der Waals surface area contributed by atoms with Crippen LogP contribution in [-0.4, -0.2) is 36.0 Å². The van der Waals surface area contributed by atoms with Gasteiger partial charge in [-0.2, -0.15) is 0 Å². The minimum absolute atomic E-state index is 0.224. The summed E-state index contributed by atoms with van der Waals surface area (Å²) in [6, 6.07) is 13.5. The lowest BCUT2D eigenvalue weighted by Crippen LogP contribution is -2.23. The number of ether oxygens (including phenoxy) is 3. The third kappa shape index (κ3) is 5.11. The van der Waals surface area contributed by atoms with E-state index < -0.39 is 8.80 Å². The molecule has 0 unspecified atom stereocenters. The van der Waals surface area contributed by atoms with Crippen LogP contribution < -0.4 is 24.7 Å². The largest absolute Gasteiger partial charge is 0.496 e. The highest BCUT2D eigenvalue weighted by Gasteiger charge is 2.19. The summed E-state index contributed by atoms with van der Waals surface area (Å²) >= 11 is 0. The Morgan fingerprint density at radius 1 is 0.968 bits per heavy atom. The van der Waals surface area contributed by atoms with E-state index in [9.17, 15) is 4.79 Å². The molecule has 2 aromatic carbocycles. The maximum absolute atomic E-state index is 12.8. The molecule has 6 nitrogen and oxygen atoms in total. The van der Waals surface area contributed by atoms with Crippen molar-refractivity contribution in [3.05, 3.63) is 65.1 Å². The lowest BCUT2D eigenvalue weighted by molar-refractivity contribution is 0.0994. The van der Waals surface area contributed by atoms with E-state index in [0.29, 0.717) is 29.4 Å². The van der Waals surface area contributed by atoms with Gasteiger partial charge in [0.15, 0.2) is 5.76 Å². The van der Waals surface area contributed by atoms with E-state index in [4.69, 9.17) is 18.6 Å². The average molecular weight is 440 g/mol. The lowest BCUT2D eigenvalue weighted by Gasteiger charge is -2.15. The van der Waals surface area contributed by atoms with Crippen molar-refractivity contribution in [1.82, 2.24) is 0 Å². The van der Waals surface area contributed by atoms with Gasteiger partial charge in [0.05, 0.1) is 30.1 Å². The molecule has 0 aliphatic rings. The molecule has 1 aromatic heterocycles. The molecule has 31 heavy (non-hydrogen) atoms. The summed E-state index contributed by atoms with van der Waals surface area (Å²) in [4.78, 5) is 12.8. The molecule has 3 rings (SSSR count). The molecule has 0 aliphatic carbocycles. The van der Waals surface area contributed by atoms with Gasteiger partial charge in [-0.05, 0) is 30.2 Å². The molecule has 7 heteroatoms. The fraction of sp³-hybridized carbons (Fsp3) is 0.292. The third-order valence-electron chi connectivity index (χ3n) is 5.24. The van der Waals surface area contributed by atoms with Gasteiger partial charge >= 0.3 is 0 Å². The Balaban J connectivity index is 1.81. The molecule has 1 amide bonds. The first kappa shape index (κ1) is 22.5. The fourth-order valence-corrected chi connectivity index (χ4v) is 4.34. The molecular formula is C24H29NO5Si. The first-order valence-electron chi connectivity index (χ1n) is 10.2. The van der Waals surface area contributed by atoms with Crippen molar-refractivity contribution in [3.8, 4) is 17.2 Å². The molecule has 0 fully saturated rings. The van der Waals surface area contributed by atoms with E-state index >= 15 is 0 Å². The molecule has 0 atom stereocenters. The van der Waals surface area contributed by atoms with Crippen LogP contribution in [0.4, 0.5) is 5.69 Å². The summed E-state index contributed by atoms with van der Waals surface area (Å²) in [5, 5.41) is 4.25. The van der Waals surface area contributed by atoms with E-state index in [1.807, 2.05) is 6.07 Å². The van der Waals surface area contributed by atoms with Crippen LogP contribution in [0.25, 0.3) is 0 Å². The first-order chi connectivity index (χ1) is 14.9. The van der Waals surface area contributed by atoms with Gasteiger partial charge in [0.1, 0.15) is 28.7 Å². The first-order valence-corrected chi connectivity index (χ1v) is 13.0. The highest BCUT2D eigenvalue weighted by molar-refractivity contribution is 6.70. The Bertz CT molecular complexity index is 1050. The quantitative estimate of drug-likeness (QED) is 0.534. The van der Waals surface area contributed by atoms with Crippen molar-refractivity contribution in [1.29, 1.82) is 0 Å². The van der Waals surface area contributed by atoms with Crippen LogP contribution in [0.5, 0.6) is 17.2 Å². The highest BCUT2D eigenvalue weighted by atomic mass is 28.3. The highest BCUT2D eigenvalue weighted by Crippen LogP contribution is 2.39. The fourth-order valence-electron chi connectivity index (χ4n) is 3.33. The standard InChI is InChI=1S/C24H29NO5Si/c1-15-7-9-19(31(5)6)12-16(15)11-17-8-10-20(30-17)24(26)25-23-21(28-3)13-18(27-2)14-22(23)29-4/h7-10,12-14,31H,11H2,1-6H3,(H,25,26). The molecule has 0 saturated carbocycles. The Morgan fingerprint density at radius 2 is 1.65 bits per heavy atom. The molecule has 0 radical (unpaired) electrons. The summed E-state index contributed by atoms with van der Waals surface area (Å²) in [5.41, 5.74) is 2.85. The maximum Gasteiger partial charge on any atom is 0.291 e. The zero-order chi connectivity index (χ0) is 22.5. The number of carbonyl (C=O) groups is 1. The molecule has 164 valence electrons. The minimum Gasteiger partial charge on any atom is -0.496 e. The van der Waals surface area contributed by atoms with Gasteiger partial charge < -0.3 is 23.9 Å². The van der Waals surface area contributed by atoms with E-state index in [0.717, 1.165) is 5.76 Å². The van der Waals surface area contributed by atoms with Gasteiger partial charge in [0.25, 0.3) is 5.91 Å². The zero-order valence-corrected chi connectivity index (χ0v) is 20.0. The topological polar surface area (TPSA) is 69.9 Å². The smallest absolute Gasteiger partial charge is 0.291 e. The number of furan rings is 1. The third-order valence-corrected chi connectivity index (χ3v) is 6.94. The van der Waals surface area contributed by atoms with Crippen molar-refractivity contribution in [2.75, 3.05) is 26.6 Å². The van der Waals surface area contributed by atoms with Gasteiger partial charge in [0, 0.05) is 18.6 Å². The van der Waals surface area contributed by atoms with Gasteiger partial charge in [-0.15, -0.1) is 0 Å². The van der Waals surface area contributed by atoms with Gasteiger partial charge in [-0.1, -0.05) is 36.5 Å². The van der Waals surface area contributed by atoms with E-state index in [-0.39, 0.29) is 11.7 Å². The molecule has 0 spiro atoms.